The first kappa shape index (κ1) is 19.7. The Morgan fingerprint density at radius 1 is 1.23 bits per heavy atom. The predicted octanol–water partition coefficient (Wildman–Crippen LogP) is 4.08. The van der Waals surface area contributed by atoms with E-state index in [1.807, 2.05) is 24.3 Å². The summed E-state index contributed by atoms with van der Waals surface area (Å²) in [4.78, 5) is 11.1. The summed E-state index contributed by atoms with van der Waals surface area (Å²) in [5.41, 5.74) is 1.87. The van der Waals surface area contributed by atoms with Gasteiger partial charge in [-0.3, -0.25) is 0 Å². The maximum Gasteiger partial charge on any atom is 0.490 e. The molecule has 1 heterocycles. The van der Waals surface area contributed by atoms with E-state index in [1.54, 1.807) is 18.2 Å². The Bertz CT molecular complexity index is 783. The maximum absolute atomic E-state index is 10.6. The van der Waals surface area contributed by atoms with Crippen LogP contribution in [0.1, 0.15) is 5.56 Å². The lowest BCUT2D eigenvalue weighted by atomic mass is 10.1. The zero-order valence-corrected chi connectivity index (χ0v) is 14.1. The molecule has 0 aliphatic carbocycles. The molecule has 0 radical (unpaired) electrons. The number of benzene rings is 2. The van der Waals surface area contributed by atoms with E-state index >= 15 is 0 Å². The molecule has 0 atom stereocenters. The molecule has 140 valence electrons. The van der Waals surface area contributed by atoms with E-state index in [4.69, 9.17) is 26.2 Å². The lowest BCUT2D eigenvalue weighted by molar-refractivity contribution is -0.192. The van der Waals surface area contributed by atoms with Crippen LogP contribution in [-0.4, -0.2) is 35.5 Å². The Morgan fingerprint density at radius 2 is 1.88 bits per heavy atom. The number of aromatic hydroxyl groups is 1. The Hall–Kier alpha value is -2.61. The van der Waals surface area contributed by atoms with Gasteiger partial charge in [-0.05, 0) is 30.3 Å². The molecule has 1 aliphatic heterocycles. The molecule has 2 N–H and O–H groups in total. The van der Waals surface area contributed by atoms with Gasteiger partial charge in [0.05, 0.1) is 12.2 Å². The SMILES string of the molecule is O=C(O)C(F)(F)F.Oc1ccc(Cl)cc1CN1CCOc2ccccc21. The number of carboxylic acids is 1. The van der Waals surface area contributed by atoms with Crippen LogP contribution in [0.25, 0.3) is 0 Å². The highest BCUT2D eigenvalue weighted by atomic mass is 35.5. The minimum atomic E-state index is -5.08. The molecule has 2 aromatic rings. The van der Waals surface area contributed by atoms with Crippen molar-refractivity contribution in [2.45, 2.75) is 12.7 Å². The van der Waals surface area contributed by atoms with E-state index in [9.17, 15) is 18.3 Å². The molecule has 1 aliphatic rings. The van der Waals surface area contributed by atoms with E-state index in [-0.39, 0.29) is 5.75 Å². The van der Waals surface area contributed by atoms with Crippen LogP contribution in [0.4, 0.5) is 18.9 Å². The fourth-order valence-corrected chi connectivity index (χ4v) is 2.47. The summed E-state index contributed by atoms with van der Waals surface area (Å²) in [6.45, 7) is 2.06. The quantitative estimate of drug-likeness (QED) is 0.810. The number of nitrogens with zero attached hydrogens (tertiary/aromatic N) is 1. The largest absolute Gasteiger partial charge is 0.508 e. The first-order valence-electron chi connectivity index (χ1n) is 7.43. The number of para-hydroxylation sites is 2. The van der Waals surface area contributed by atoms with Crippen LogP contribution in [0, 0.1) is 0 Å². The van der Waals surface area contributed by atoms with Crippen molar-refractivity contribution in [1.29, 1.82) is 0 Å². The molecule has 26 heavy (non-hydrogen) atoms. The molecule has 0 amide bonds. The average Bonchev–Trinajstić information content (AvgIpc) is 2.58. The molecule has 0 saturated carbocycles. The number of carbonyl (C=O) groups is 1. The number of carboxylic acid groups (broad SMARTS) is 1. The highest BCUT2D eigenvalue weighted by molar-refractivity contribution is 6.30. The normalized spacial score (nSPS) is 13.2. The molecular weight excluding hydrogens is 375 g/mol. The van der Waals surface area contributed by atoms with Gasteiger partial charge in [-0.15, -0.1) is 0 Å². The van der Waals surface area contributed by atoms with Crippen molar-refractivity contribution in [3.05, 3.63) is 53.1 Å². The molecule has 0 saturated heterocycles. The van der Waals surface area contributed by atoms with Crippen molar-refractivity contribution in [3.63, 3.8) is 0 Å². The lowest BCUT2D eigenvalue weighted by Crippen LogP contribution is -2.32. The second kappa shape index (κ2) is 8.18. The van der Waals surface area contributed by atoms with Gasteiger partial charge in [-0.25, -0.2) is 4.79 Å². The minimum Gasteiger partial charge on any atom is -0.508 e. The second-order valence-electron chi connectivity index (χ2n) is 5.31. The number of fused-ring (bicyclic) bond motifs is 1. The van der Waals surface area contributed by atoms with Gasteiger partial charge < -0.3 is 19.8 Å². The average molecular weight is 390 g/mol. The van der Waals surface area contributed by atoms with Gasteiger partial charge in [0.2, 0.25) is 0 Å². The van der Waals surface area contributed by atoms with E-state index in [0.29, 0.717) is 18.2 Å². The van der Waals surface area contributed by atoms with Crippen LogP contribution in [0.2, 0.25) is 5.02 Å². The summed E-state index contributed by atoms with van der Waals surface area (Å²) in [5.74, 6) is -1.60. The summed E-state index contributed by atoms with van der Waals surface area (Å²) < 4.78 is 37.4. The fourth-order valence-electron chi connectivity index (χ4n) is 2.28. The number of hydrogen-bond acceptors (Lipinski definition) is 4. The fraction of sp³-hybridized carbons (Fsp3) is 0.235. The van der Waals surface area contributed by atoms with E-state index < -0.39 is 12.1 Å². The van der Waals surface area contributed by atoms with Gasteiger partial charge in [-0.1, -0.05) is 23.7 Å². The summed E-state index contributed by atoms with van der Waals surface area (Å²) in [6.07, 6.45) is -5.08. The van der Waals surface area contributed by atoms with Crippen LogP contribution in [0.3, 0.4) is 0 Å². The molecule has 0 bridgehead atoms. The Kier molecular flexibility index (Phi) is 6.20. The molecule has 0 spiro atoms. The summed E-state index contributed by atoms with van der Waals surface area (Å²) in [7, 11) is 0. The number of rotatable bonds is 2. The topological polar surface area (TPSA) is 70.0 Å². The van der Waals surface area contributed by atoms with Crippen LogP contribution < -0.4 is 9.64 Å². The van der Waals surface area contributed by atoms with E-state index in [1.165, 1.54) is 0 Å². The first-order valence-corrected chi connectivity index (χ1v) is 7.80. The van der Waals surface area contributed by atoms with Gasteiger partial charge >= 0.3 is 12.1 Å². The van der Waals surface area contributed by atoms with Crippen LogP contribution in [0.15, 0.2) is 42.5 Å². The molecule has 9 heteroatoms. The van der Waals surface area contributed by atoms with Crippen molar-refractivity contribution in [3.8, 4) is 11.5 Å². The molecule has 0 aromatic heterocycles. The van der Waals surface area contributed by atoms with E-state index in [0.717, 1.165) is 23.5 Å². The van der Waals surface area contributed by atoms with Gasteiger partial charge in [0.15, 0.2) is 0 Å². The number of ether oxygens (including phenoxy) is 1. The smallest absolute Gasteiger partial charge is 0.490 e. The number of anilines is 1. The van der Waals surface area contributed by atoms with Crippen molar-refractivity contribution in [1.82, 2.24) is 0 Å². The van der Waals surface area contributed by atoms with Crippen molar-refractivity contribution in [2.75, 3.05) is 18.1 Å². The van der Waals surface area contributed by atoms with Crippen molar-refractivity contribution >= 4 is 23.3 Å². The summed E-state index contributed by atoms with van der Waals surface area (Å²) >= 11 is 5.98. The Balaban J connectivity index is 0.000000298. The zero-order valence-electron chi connectivity index (χ0n) is 13.3. The van der Waals surface area contributed by atoms with Crippen LogP contribution in [0.5, 0.6) is 11.5 Å². The number of aliphatic carboxylic acids is 1. The third-order valence-corrected chi connectivity index (χ3v) is 3.71. The maximum atomic E-state index is 10.6. The number of phenolic OH excluding ortho intramolecular Hbond substituents is 1. The summed E-state index contributed by atoms with van der Waals surface area (Å²) in [6, 6.07) is 13.0. The number of phenols is 1. The molecule has 2 aromatic carbocycles. The molecule has 0 fully saturated rings. The number of hydrogen-bond donors (Lipinski definition) is 2. The van der Waals surface area contributed by atoms with Crippen LogP contribution >= 0.6 is 11.6 Å². The number of halogens is 4. The van der Waals surface area contributed by atoms with Crippen LogP contribution in [-0.2, 0) is 11.3 Å². The third kappa shape index (κ3) is 5.19. The zero-order chi connectivity index (χ0) is 19.3. The Morgan fingerprint density at radius 3 is 2.54 bits per heavy atom. The summed E-state index contributed by atoms with van der Waals surface area (Å²) in [5, 5.41) is 17.7. The van der Waals surface area contributed by atoms with Crippen molar-refractivity contribution in [2.24, 2.45) is 0 Å². The van der Waals surface area contributed by atoms with E-state index in [2.05, 4.69) is 4.90 Å². The van der Waals surface area contributed by atoms with Gasteiger partial charge in [-0.2, -0.15) is 13.2 Å². The monoisotopic (exact) mass is 389 g/mol. The van der Waals surface area contributed by atoms with Gasteiger partial charge in [0.1, 0.15) is 18.1 Å². The van der Waals surface area contributed by atoms with Gasteiger partial charge in [0, 0.05) is 17.1 Å². The molecule has 0 unspecified atom stereocenters. The Labute approximate surface area is 152 Å². The van der Waals surface area contributed by atoms with Gasteiger partial charge in [0.25, 0.3) is 0 Å². The lowest BCUT2D eigenvalue weighted by Gasteiger charge is -2.31. The second-order valence-corrected chi connectivity index (χ2v) is 5.75. The molecule has 3 rings (SSSR count). The first-order chi connectivity index (χ1) is 12.2. The van der Waals surface area contributed by atoms with Crippen molar-refractivity contribution < 1.29 is 32.9 Å². The molecule has 5 nitrogen and oxygen atoms in total. The highest BCUT2D eigenvalue weighted by Crippen LogP contribution is 2.33. The standard InChI is InChI=1S/C15H14ClNO2.C2HF3O2/c16-12-5-6-14(18)11(9-12)10-17-7-8-19-15-4-2-1-3-13(15)17;3-2(4,5)1(6)7/h1-6,9,18H,7-8,10H2;(H,6,7). The minimum absolute atomic E-state index is 0.272. The predicted molar refractivity (Wildman–Crippen MR) is 89.8 cm³/mol. The molecular formula is C17H15ClF3NO4. The third-order valence-electron chi connectivity index (χ3n) is 3.47. The number of alkyl halides is 3. The highest BCUT2D eigenvalue weighted by Gasteiger charge is 2.38.